The largest absolute Gasteiger partial charge is 0.270 e. The molecule has 0 atom stereocenters. The van der Waals surface area contributed by atoms with Crippen LogP contribution in [0.3, 0.4) is 0 Å². The maximum Gasteiger partial charge on any atom is 0.270 e. The van der Waals surface area contributed by atoms with E-state index in [0.717, 1.165) is 5.39 Å². The van der Waals surface area contributed by atoms with E-state index in [2.05, 4.69) is 9.97 Å². The van der Waals surface area contributed by atoms with Crippen LogP contribution in [0.4, 0.5) is 5.69 Å². The molecular formula is C14H8ClN3O2. The third kappa shape index (κ3) is 2.19. The second-order valence-corrected chi connectivity index (χ2v) is 4.50. The zero-order valence-electron chi connectivity index (χ0n) is 10.2. The highest BCUT2D eigenvalue weighted by Gasteiger charge is 2.12. The fourth-order valence-corrected chi connectivity index (χ4v) is 2.21. The molecule has 3 aromatic rings. The van der Waals surface area contributed by atoms with Crippen LogP contribution in [0.2, 0.25) is 5.28 Å². The number of aromatic nitrogens is 2. The third-order valence-corrected chi connectivity index (χ3v) is 3.08. The molecule has 5 nitrogen and oxygen atoms in total. The van der Waals surface area contributed by atoms with Gasteiger partial charge in [-0.15, -0.1) is 0 Å². The van der Waals surface area contributed by atoms with Gasteiger partial charge in [0.2, 0.25) is 5.28 Å². The molecule has 0 radical (unpaired) electrons. The Bertz CT molecular complexity index is 820. The molecule has 0 aliphatic rings. The Kier molecular flexibility index (Phi) is 3.04. The Balaban J connectivity index is 2.29. The highest BCUT2D eigenvalue weighted by atomic mass is 35.5. The van der Waals surface area contributed by atoms with Gasteiger partial charge in [-0.1, -0.05) is 30.3 Å². The van der Waals surface area contributed by atoms with Crippen molar-refractivity contribution in [2.24, 2.45) is 0 Å². The van der Waals surface area contributed by atoms with Gasteiger partial charge in [-0.2, -0.15) is 0 Å². The Morgan fingerprint density at radius 2 is 1.85 bits per heavy atom. The van der Waals surface area contributed by atoms with E-state index in [0.29, 0.717) is 16.8 Å². The first-order valence-electron chi connectivity index (χ1n) is 5.82. The van der Waals surface area contributed by atoms with Crippen LogP contribution in [0.15, 0.2) is 48.5 Å². The van der Waals surface area contributed by atoms with Crippen LogP contribution in [-0.4, -0.2) is 14.9 Å². The molecule has 0 N–H and O–H groups in total. The van der Waals surface area contributed by atoms with Gasteiger partial charge >= 0.3 is 0 Å². The summed E-state index contributed by atoms with van der Waals surface area (Å²) >= 11 is 5.92. The topological polar surface area (TPSA) is 68.9 Å². The van der Waals surface area contributed by atoms with E-state index in [1.807, 2.05) is 24.3 Å². The van der Waals surface area contributed by atoms with Crippen molar-refractivity contribution in [2.75, 3.05) is 0 Å². The molecule has 0 spiro atoms. The Morgan fingerprint density at radius 1 is 1.05 bits per heavy atom. The molecule has 2 aromatic carbocycles. The second kappa shape index (κ2) is 4.86. The average molecular weight is 286 g/mol. The van der Waals surface area contributed by atoms with E-state index in [9.17, 15) is 10.1 Å². The molecule has 3 rings (SSSR count). The van der Waals surface area contributed by atoms with Crippen molar-refractivity contribution < 1.29 is 4.92 Å². The predicted octanol–water partition coefficient (Wildman–Crippen LogP) is 3.86. The van der Waals surface area contributed by atoms with E-state index in [1.165, 1.54) is 12.1 Å². The van der Waals surface area contributed by atoms with Crippen LogP contribution in [-0.2, 0) is 0 Å². The van der Waals surface area contributed by atoms with Gasteiger partial charge in [0.15, 0.2) is 0 Å². The highest BCUT2D eigenvalue weighted by Crippen LogP contribution is 2.29. The smallest absolute Gasteiger partial charge is 0.258 e. The first kappa shape index (κ1) is 12.5. The predicted molar refractivity (Wildman–Crippen MR) is 76.6 cm³/mol. The number of fused-ring (bicyclic) bond motifs is 1. The first-order valence-corrected chi connectivity index (χ1v) is 6.20. The van der Waals surface area contributed by atoms with Crippen molar-refractivity contribution in [1.82, 2.24) is 9.97 Å². The number of benzene rings is 2. The number of rotatable bonds is 2. The van der Waals surface area contributed by atoms with Crippen molar-refractivity contribution in [3.05, 3.63) is 63.9 Å². The number of para-hydroxylation sites is 1. The summed E-state index contributed by atoms with van der Waals surface area (Å²) in [6, 6.07) is 13.7. The lowest BCUT2D eigenvalue weighted by atomic mass is 10.1. The zero-order valence-corrected chi connectivity index (χ0v) is 10.9. The number of nitrogens with zero attached hydrogens (tertiary/aromatic N) is 3. The lowest BCUT2D eigenvalue weighted by Gasteiger charge is -2.06. The minimum absolute atomic E-state index is 0.0151. The van der Waals surface area contributed by atoms with Crippen LogP contribution in [0.25, 0.3) is 22.2 Å². The van der Waals surface area contributed by atoms with Gasteiger partial charge in [-0.3, -0.25) is 10.1 Å². The monoisotopic (exact) mass is 285 g/mol. The summed E-state index contributed by atoms with van der Waals surface area (Å²) in [5.41, 5.74) is 1.94. The van der Waals surface area contributed by atoms with Crippen LogP contribution < -0.4 is 0 Å². The number of hydrogen-bond acceptors (Lipinski definition) is 4. The molecular weight excluding hydrogens is 278 g/mol. The molecule has 6 heteroatoms. The van der Waals surface area contributed by atoms with Crippen molar-refractivity contribution in [2.45, 2.75) is 0 Å². The fraction of sp³-hybridized carbons (Fsp3) is 0. The zero-order chi connectivity index (χ0) is 14.1. The van der Waals surface area contributed by atoms with Crippen molar-refractivity contribution in [3.8, 4) is 11.3 Å². The summed E-state index contributed by atoms with van der Waals surface area (Å²) in [5, 5.41) is 11.8. The molecule has 1 heterocycles. The average Bonchev–Trinajstić information content (AvgIpc) is 2.46. The number of nitro groups is 1. The minimum Gasteiger partial charge on any atom is -0.258 e. The maximum absolute atomic E-state index is 10.9. The lowest BCUT2D eigenvalue weighted by molar-refractivity contribution is -0.384. The summed E-state index contributed by atoms with van der Waals surface area (Å²) in [6.45, 7) is 0. The molecule has 0 saturated heterocycles. The van der Waals surface area contributed by atoms with Crippen molar-refractivity contribution in [1.29, 1.82) is 0 Å². The van der Waals surface area contributed by atoms with Crippen LogP contribution >= 0.6 is 11.6 Å². The molecule has 1 aromatic heterocycles. The summed E-state index contributed by atoms with van der Waals surface area (Å²) in [6.07, 6.45) is 0. The van der Waals surface area contributed by atoms with Crippen molar-refractivity contribution >= 4 is 28.2 Å². The summed E-state index contributed by atoms with van der Waals surface area (Å²) in [4.78, 5) is 18.8. The number of hydrogen-bond donors (Lipinski definition) is 0. The number of non-ortho nitro benzene ring substituents is 1. The van der Waals surface area contributed by atoms with Gasteiger partial charge in [0.25, 0.3) is 5.69 Å². The summed E-state index contributed by atoms with van der Waals surface area (Å²) < 4.78 is 0. The van der Waals surface area contributed by atoms with E-state index < -0.39 is 4.92 Å². The van der Waals surface area contributed by atoms with E-state index >= 15 is 0 Å². The molecule has 98 valence electrons. The van der Waals surface area contributed by atoms with Gasteiger partial charge in [-0.25, -0.2) is 9.97 Å². The molecule has 0 fully saturated rings. The summed E-state index contributed by atoms with van der Waals surface area (Å²) in [5.74, 6) is 0. The Hall–Kier alpha value is -2.53. The number of nitro benzene ring substituents is 1. The molecule has 0 amide bonds. The number of halogens is 1. The standard InChI is InChI=1S/C14H8ClN3O2/c15-14-16-12-7-2-1-6-11(12)13(17-14)9-4-3-5-10(8-9)18(19)20/h1-8H. The van der Waals surface area contributed by atoms with Gasteiger partial charge in [0.05, 0.1) is 16.1 Å². The molecule has 0 bridgehead atoms. The first-order chi connectivity index (χ1) is 9.65. The van der Waals surface area contributed by atoms with Crippen LogP contribution in [0.5, 0.6) is 0 Å². The summed E-state index contributed by atoms with van der Waals surface area (Å²) in [7, 11) is 0. The van der Waals surface area contributed by atoms with Gasteiger partial charge in [-0.05, 0) is 17.7 Å². The highest BCUT2D eigenvalue weighted by molar-refractivity contribution is 6.28. The SMILES string of the molecule is O=[N+]([O-])c1cccc(-c2nc(Cl)nc3ccccc23)c1. The van der Waals surface area contributed by atoms with E-state index in [1.54, 1.807) is 12.1 Å². The molecule has 0 aliphatic carbocycles. The molecule has 0 unspecified atom stereocenters. The quantitative estimate of drug-likeness (QED) is 0.407. The maximum atomic E-state index is 10.9. The third-order valence-electron chi connectivity index (χ3n) is 2.91. The molecule has 0 saturated carbocycles. The van der Waals surface area contributed by atoms with E-state index in [4.69, 9.17) is 11.6 Å². The normalized spacial score (nSPS) is 10.7. The van der Waals surface area contributed by atoms with Gasteiger partial charge < -0.3 is 0 Å². The fourth-order valence-electron chi connectivity index (χ4n) is 2.04. The molecule has 20 heavy (non-hydrogen) atoms. The second-order valence-electron chi connectivity index (χ2n) is 4.17. The van der Waals surface area contributed by atoms with Crippen LogP contribution in [0, 0.1) is 10.1 Å². The van der Waals surface area contributed by atoms with E-state index in [-0.39, 0.29) is 11.0 Å². The molecule has 0 aliphatic heterocycles. The van der Waals surface area contributed by atoms with Crippen molar-refractivity contribution in [3.63, 3.8) is 0 Å². The van der Waals surface area contributed by atoms with Crippen LogP contribution in [0.1, 0.15) is 0 Å². The Morgan fingerprint density at radius 3 is 2.65 bits per heavy atom. The van der Waals surface area contributed by atoms with Gasteiger partial charge in [0.1, 0.15) is 0 Å². The van der Waals surface area contributed by atoms with Gasteiger partial charge in [0, 0.05) is 23.1 Å². The lowest BCUT2D eigenvalue weighted by Crippen LogP contribution is -1.93. The Labute approximate surface area is 119 Å². The minimum atomic E-state index is -0.436.